The van der Waals surface area contributed by atoms with Crippen molar-refractivity contribution in [2.45, 2.75) is 33.6 Å². The second-order valence-electron chi connectivity index (χ2n) is 5.30. The Balaban J connectivity index is 2.28. The summed E-state index contributed by atoms with van der Waals surface area (Å²) in [5.74, 6) is 1.12. The fourth-order valence-electron chi connectivity index (χ4n) is 2.23. The molecular weight excluding hydrogens is 252 g/mol. The van der Waals surface area contributed by atoms with Crippen molar-refractivity contribution in [2.24, 2.45) is 0 Å². The molecule has 0 radical (unpaired) electrons. The lowest BCUT2D eigenvalue weighted by atomic mass is 10.1. The predicted octanol–water partition coefficient (Wildman–Crippen LogP) is 2.24. The van der Waals surface area contributed by atoms with E-state index in [1.54, 1.807) is 10.9 Å². The monoisotopic (exact) mass is 270 g/mol. The second-order valence-corrected chi connectivity index (χ2v) is 5.30. The van der Waals surface area contributed by atoms with Crippen LogP contribution in [0.5, 0.6) is 0 Å². The first kappa shape index (κ1) is 12.7. The maximum atomic E-state index is 6.00. The first-order valence-electron chi connectivity index (χ1n) is 6.65. The number of aromatic nitrogens is 5. The standard InChI is InChI=1S/C14H18N6/c1-8(2)11-7-12-14(16-5-6-19(12)18-11)20-10(4)13(15)9(3)17-20/h5-8H,15H2,1-4H3. The van der Waals surface area contributed by atoms with Gasteiger partial charge in [0.25, 0.3) is 0 Å². The lowest BCUT2D eigenvalue weighted by Gasteiger charge is -2.04. The van der Waals surface area contributed by atoms with Crippen LogP contribution in [0.15, 0.2) is 18.5 Å². The van der Waals surface area contributed by atoms with Gasteiger partial charge in [0.1, 0.15) is 5.52 Å². The summed E-state index contributed by atoms with van der Waals surface area (Å²) < 4.78 is 3.62. The molecule has 0 spiro atoms. The summed E-state index contributed by atoms with van der Waals surface area (Å²) in [6, 6.07) is 2.06. The minimum Gasteiger partial charge on any atom is -0.396 e. The number of hydrogen-bond donors (Lipinski definition) is 1. The molecule has 6 heteroatoms. The highest BCUT2D eigenvalue weighted by Gasteiger charge is 2.15. The molecule has 0 aliphatic carbocycles. The maximum Gasteiger partial charge on any atom is 0.179 e. The van der Waals surface area contributed by atoms with Gasteiger partial charge in [-0.2, -0.15) is 10.2 Å². The summed E-state index contributed by atoms with van der Waals surface area (Å²) in [4.78, 5) is 4.45. The Hall–Kier alpha value is -2.37. The zero-order valence-corrected chi connectivity index (χ0v) is 12.1. The molecule has 0 aliphatic heterocycles. The number of nitrogen functional groups attached to an aromatic ring is 1. The molecule has 104 valence electrons. The Morgan fingerprint density at radius 3 is 2.55 bits per heavy atom. The number of fused-ring (bicyclic) bond motifs is 1. The van der Waals surface area contributed by atoms with Crippen LogP contribution in [-0.4, -0.2) is 24.4 Å². The van der Waals surface area contributed by atoms with Crippen molar-refractivity contribution in [3.8, 4) is 5.82 Å². The first-order chi connectivity index (χ1) is 9.49. The quantitative estimate of drug-likeness (QED) is 0.775. The van der Waals surface area contributed by atoms with Gasteiger partial charge in [0.2, 0.25) is 0 Å². The Morgan fingerprint density at radius 1 is 1.20 bits per heavy atom. The van der Waals surface area contributed by atoms with E-state index < -0.39 is 0 Å². The van der Waals surface area contributed by atoms with Crippen LogP contribution in [0.3, 0.4) is 0 Å². The lowest BCUT2D eigenvalue weighted by Crippen LogP contribution is -2.05. The van der Waals surface area contributed by atoms with Gasteiger partial charge in [-0.25, -0.2) is 14.2 Å². The normalized spacial score (nSPS) is 11.7. The fourth-order valence-corrected chi connectivity index (χ4v) is 2.23. The molecule has 0 unspecified atom stereocenters. The fraction of sp³-hybridized carbons (Fsp3) is 0.357. The SMILES string of the molecule is Cc1nn(-c2nccn3nc(C(C)C)cc23)c(C)c1N. The average Bonchev–Trinajstić information content (AvgIpc) is 2.96. The van der Waals surface area contributed by atoms with Crippen molar-refractivity contribution in [1.82, 2.24) is 24.4 Å². The van der Waals surface area contributed by atoms with Gasteiger partial charge in [-0.1, -0.05) is 13.8 Å². The van der Waals surface area contributed by atoms with Crippen LogP contribution in [0.4, 0.5) is 5.69 Å². The molecule has 3 aromatic rings. The number of anilines is 1. The molecule has 0 fully saturated rings. The van der Waals surface area contributed by atoms with E-state index in [9.17, 15) is 0 Å². The summed E-state index contributed by atoms with van der Waals surface area (Å²) in [6.45, 7) is 8.08. The number of nitrogens with two attached hydrogens (primary N) is 1. The van der Waals surface area contributed by atoms with Crippen molar-refractivity contribution < 1.29 is 0 Å². The van der Waals surface area contributed by atoms with Gasteiger partial charge in [-0.15, -0.1) is 0 Å². The van der Waals surface area contributed by atoms with Crippen molar-refractivity contribution in [2.75, 3.05) is 5.73 Å². The van der Waals surface area contributed by atoms with E-state index in [-0.39, 0.29) is 0 Å². The smallest absolute Gasteiger partial charge is 0.179 e. The number of nitrogens with zero attached hydrogens (tertiary/aromatic N) is 5. The minimum atomic E-state index is 0.369. The van der Waals surface area contributed by atoms with Gasteiger partial charge in [-0.05, 0) is 25.8 Å². The van der Waals surface area contributed by atoms with Gasteiger partial charge in [0.15, 0.2) is 5.82 Å². The zero-order valence-electron chi connectivity index (χ0n) is 12.1. The lowest BCUT2D eigenvalue weighted by molar-refractivity contribution is 0.775. The highest BCUT2D eigenvalue weighted by atomic mass is 15.3. The largest absolute Gasteiger partial charge is 0.396 e. The number of rotatable bonds is 2. The van der Waals surface area contributed by atoms with Crippen LogP contribution in [0.2, 0.25) is 0 Å². The van der Waals surface area contributed by atoms with Crippen LogP contribution >= 0.6 is 0 Å². The summed E-state index contributed by atoms with van der Waals surface area (Å²) in [5, 5.41) is 9.03. The molecule has 0 saturated heterocycles. The highest BCUT2D eigenvalue weighted by Crippen LogP contribution is 2.23. The molecule has 0 saturated carbocycles. The Morgan fingerprint density at radius 2 is 1.95 bits per heavy atom. The third-order valence-corrected chi connectivity index (χ3v) is 3.53. The molecule has 2 N–H and O–H groups in total. The predicted molar refractivity (Wildman–Crippen MR) is 78.1 cm³/mol. The zero-order chi connectivity index (χ0) is 14.4. The summed E-state index contributed by atoms with van der Waals surface area (Å²) >= 11 is 0. The third kappa shape index (κ3) is 1.76. The van der Waals surface area contributed by atoms with Gasteiger partial charge in [0.05, 0.1) is 22.8 Å². The molecule has 20 heavy (non-hydrogen) atoms. The van der Waals surface area contributed by atoms with Crippen molar-refractivity contribution in [3.63, 3.8) is 0 Å². The van der Waals surface area contributed by atoms with Crippen molar-refractivity contribution in [3.05, 3.63) is 35.5 Å². The van der Waals surface area contributed by atoms with Crippen LogP contribution in [-0.2, 0) is 0 Å². The third-order valence-electron chi connectivity index (χ3n) is 3.53. The van der Waals surface area contributed by atoms with Gasteiger partial charge < -0.3 is 5.73 Å². The molecule has 3 heterocycles. The van der Waals surface area contributed by atoms with E-state index in [0.717, 1.165) is 28.4 Å². The van der Waals surface area contributed by atoms with E-state index in [2.05, 4.69) is 35.1 Å². The molecule has 3 rings (SSSR count). The Kier molecular flexibility index (Phi) is 2.74. The van der Waals surface area contributed by atoms with Gasteiger partial charge >= 0.3 is 0 Å². The van der Waals surface area contributed by atoms with E-state index in [1.807, 2.05) is 24.6 Å². The maximum absolute atomic E-state index is 6.00. The molecule has 6 nitrogen and oxygen atoms in total. The molecular formula is C14H18N6. The van der Waals surface area contributed by atoms with Crippen LogP contribution in [0, 0.1) is 13.8 Å². The summed E-state index contributed by atoms with van der Waals surface area (Å²) in [5.41, 5.74) is 10.4. The summed E-state index contributed by atoms with van der Waals surface area (Å²) in [7, 11) is 0. The van der Waals surface area contributed by atoms with E-state index in [1.165, 1.54) is 0 Å². The van der Waals surface area contributed by atoms with E-state index >= 15 is 0 Å². The van der Waals surface area contributed by atoms with E-state index in [0.29, 0.717) is 11.6 Å². The molecule has 3 aromatic heterocycles. The second kappa shape index (κ2) is 4.33. The van der Waals surface area contributed by atoms with Gasteiger partial charge in [-0.3, -0.25) is 0 Å². The van der Waals surface area contributed by atoms with Crippen molar-refractivity contribution >= 4 is 11.2 Å². The Labute approximate surface area is 117 Å². The number of hydrogen-bond acceptors (Lipinski definition) is 4. The topological polar surface area (TPSA) is 74.0 Å². The highest BCUT2D eigenvalue weighted by molar-refractivity contribution is 5.63. The summed E-state index contributed by atoms with van der Waals surface area (Å²) in [6.07, 6.45) is 3.58. The average molecular weight is 270 g/mol. The molecule has 0 aliphatic rings. The Bertz CT molecular complexity index is 780. The molecule has 0 atom stereocenters. The first-order valence-corrected chi connectivity index (χ1v) is 6.65. The molecule has 0 bridgehead atoms. The van der Waals surface area contributed by atoms with Crippen LogP contribution < -0.4 is 5.73 Å². The van der Waals surface area contributed by atoms with Crippen molar-refractivity contribution in [1.29, 1.82) is 0 Å². The van der Waals surface area contributed by atoms with E-state index in [4.69, 9.17) is 5.73 Å². The van der Waals surface area contributed by atoms with Crippen LogP contribution in [0.1, 0.15) is 36.8 Å². The minimum absolute atomic E-state index is 0.369. The van der Waals surface area contributed by atoms with Gasteiger partial charge in [0, 0.05) is 12.4 Å². The number of aryl methyl sites for hydroxylation is 1. The molecule has 0 aromatic carbocycles. The molecule has 0 amide bonds. The van der Waals surface area contributed by atoms with Crippen LogP contribution in [0.25, 0.3) is 11.3 Å².